The van der Waals surface area contributed by atoms with Gasteiger partial charge in [-0.25, -0.2) is 17.6 Å². The molecule has 1 aliphatic carbocycles. The number of hydrogen-bond donors (Lipinski definition) is 2. The molecule has 168 valence electrons. The minimum absolute atomic E-state index is 0.0313. The van der Waals surface area contributed by atoms with Gasteiger partial charge in [-0.3, -0.25) is 4.79 Å². The quantitative estimate of drug-likeness (QED) is 0.724. The van der Waals surface area contributed by atoms with Gasteiger partial charge in [0, 0.05) is 36.8 Å². The average molecular weight is 452 g/mol. The maximum absolute atomic E-state index is 15.3. The van der Waals surface area contributed by atoms with Gasteiger partial charge < -0.3 is 19.9 Å². The van der Waals surface area contributed by atoms with E-state index in [9.17, 15) is 18.0 Å². The molecule has 8 nitrogen and oxygen atoms in total. The lowest BCUT2D eigenvalue weighted by molar-refractivity contribution is 0.186. The Morgan fingerprint density at radius 3 is 2.55 bits per heavy atom. The molecule has 0 spiro atoms. The Kier molecular flexibility index (Phi) is 5.23. The predicted molar refractivity (Wildman–Crippen MR) is 115 cm³/mol. The molecule has 2 aliphatic rings. The summed E-state index contributed by atoms with van der Waals surface area (Å²) in [4.78, 5) is 25.6. The van der Waals surface area contributed by atoms with E-state index in [4.69, 9.17) is 5.11 Å². The van der Waals surface area contributed by atoms with E-state index in [1.807, 2.05) is 4.90 Å². The number of benzene rings is 1. The number of fused-ring (bicyclic) bond motifs is 1. The summed E-state index contributed by atoms with van der Waals surface area (Å²) >= 11 is 0. The van der Waals surface area contributed by atoms with Crippen molar-refractivity contribution in [2.45, 2.75) is 50.1 Å². The van der Waals surface area contributed by atoms with Crippen molar-refractivity contribution in [3.63, 3.8) is 0 Å². The molecule has 0 bridgehead atoms. The highest BCUT2D eigenvalue weighted by Crippen LogP contribution is 2.40. The Balaban J connectivity index is 1.83. The van der Waals surface area contributed by atoms with Crippen molar-refractivity contribution in [1.82, 2.24) is 9.88 Å². The molecule has 2 fully saturated rings. The average Bonchev–Trinajstić information content (AvgIpc) is 3.37. The zero-order valence-electron chi connectivity index (χ0n) is 17.7. The van der Waals surface area contributed by atoms with Crippen LogP contribution in [0.2, 0.25) is 0 Å². The van der Waals surface area contributed by atoms with Gasteiger partial charge >= 0.3 is 6.09 Å². The highest BCUT2D eigenvalue weighted by molar-refractivity contribution is 7.90. The van der Waals surface area contributed by atoms with Crippen molar-refractivity contribution in [2.75, 3.05) is 24.2 Å². The van der Waals surface area contributed by atoms with Crippen molar-refractivity contribution in [1.29, 1.82) is 0 Å². The maximum Gasteiger partial charge on any atom is 0.404 e. The van der Waals surface area contributed by atoms with E-state index in [2.05, 4.69) is 5.32 Å². The Hall–Kier alpha value is -2.62. The van der Waals surface area contributed by atoms with E-state index >= 15 is 4.39 Å². The van der Waals surface area contributed by atoms with Crippen molar-refractivity contribution in [3.05, 3.63) is 33.9 Å². The molecule has 1 saturated carbocycles. The first-order chi connectivity index (χ1) is 14.5. The van der Waals surface area contributed by atoms with Crippen molar-refractivity contribution in [2.24, 2.45) is 5.92 Å². The van der Waals surface area contributed by atoms with Gasteiger partial charge in [-0.05, 0) is 56.7 Å². The Morgan fingerprint density at radius 2 is 1.97 bits per heavy atom. The van der Waals surface area contributed by atoms with Gasteiger partial charge in [0.1, 0.15) is 10.7 Å². The standard InChI is InChI=1S/C21H26FN3O5S/c1-11-18-14(9-17(31(3,29)30)20(26)25(18)15-4-5-15)8-16(22)19(11)24-7-6-13(10-24)12(2)23-21(27)28/h8-9,12-13,15,23H,4-7,10H2,1-3H3,(H,27,28)/t12-,13+/m0/s1. The molecular formula is C21H26FN3O5S. The van der Waals surface area contributed by atoms with Gasteiger partial charge in [-0.1, -0.05) is 0 Å². The van der Waals surface area contributed by atoms with E-state index < -0.39 is 27.3 Å². The van der Waals surface area contributed by atoms with Gasteiger partial charge in [0.25, 0.3) is 5.56 Å². The SMILES string of the molecule is Cc1c(N2CC[C@@H]([C@H](C)NC(=O)O)C2)c(F)cc2cc(S(C)(=O)=O)c(=O)n(C3CC3)c12. The van der Waals surface area contributed by atoms with Crippen LogP contribution in [0.25, 0.3) is 10.9 Å². The van der Waals surface area contributed by atoms with Crippen LogP contribution < -0.4 is 15.8 Å². The second kappa shape index (κ2) is 7.51. The normalized spacial score (nSPS) is 20.3. The molecule has 2 atom stereocenters. The van der Waals surface area contributed by atoms with Crippen LogP contribution in [0.5, 0.6) is 0 Å². The lowest BCUT2D eigenvalue weighted by Gasteiger charge is -2.25. The summed E-state index contributed by atoms with van der Waals surface area (Å²) in [5.74, 6) is -0.450. The highest BCUT2D eigenvalue weighted by Gasteiger charge is 2.33. The number of carbonyl (C=O) groups is 1. The maximum atomic E-state index is 15.3. The molecule has 1 aromatic carbocycles. The number of halogens is 1. The van der Waals surface area contributed by atoms with Gasteiger partial charge in [0.2, 0.25) is 0 Å². The summed E-state index contributed by atoms with van der Waals surface area (Å²) in [5, 5.41) is 11.8. The summed E-state index contributed by atoms with van der Waals surface area (Å²) in [5.41, 5.74) is 0.991. The van der Waals surface area contributed by atoms with E-state index in [-0.39, 0.29) is 22.9 Å². The number of nitrogens with zero attached hydrogens (tertiary/aromatic N) is 2. The zero-order valence-corrected chi connectivity index (χ0v) is 18.5. The summed E-state index contributed by atoms with van der Waals surface area (Å²) in [6.07, 6.45) is 2.16. The lowest BCUT2D eigenvalue weighted by atomic mass is 10.0. The van der Waals surface area contributed by atoms with Crippen LogP contribution in [-0.4, -0.2) is 49.6 Å². The molecule has 1 amide bonds. The number of rotatable bonds is 5. The smallest absolute Gasteiger partial charge is 0.404 e. The predicted octanol–water partition coefficient (Wildman–Crippen LogP) is 2.67. The fourth-order valence-corrected chi connectivity index (χ4v) is 5.44. The summed E-state index contributed by atoms with van der Waals surface area (Å²) < 4.78 is 41.1. The van der Waals surface area contributed by atoms with Gasteiger partial charge in [-0.15, -0.1) is 0 Å². The topological polar surface area (TPSA) is 109 Å². The first kappa shape index (κ1) is 21.6. The number of aryl methyl sites for hydroxylation is 1. The molecular weight excluding hydrogens is 425 g/mol. The number of amides is 1. The van der Waals surface area contributed by atoms with E-state index in [1.54, 1.807) is 13.8 Å². The van der Waals surface area contributed by atoms with Crippen LogP contribution in [0, 0.1) is 18.7 Å². The number of hydrogen-bond acceptors (Lipinski definition) is 5. The summed E-state index contributed by atoms with van der Waals surface area (Å²) in [6.45, 7) is 4.60. The molecule has 0 radical (unpaired) electrons. The third-order valence-electron chi connectivity index (χ3n) is 6.36. The number of sulfone groups is 1. The molecule has 2 heterocycles. The van der Waals surface area contributed by atoms with Crippen LogP contribution in [0.1, 0.15) is 37.8 Å². The van der Waals surface area contributed by atoms with Gasteiger partial charge in [0.05, 0.1) is 11.2 Å². The highest BCUT2D eigenvalue weighted by atomic mass is 32.2. The van der Waals surface area contributed by atoms with Crippen LogP contribution in [-0.2, 0) is 9.84 Å². The third kappa shape index (κ3) is 3.88. The van der Waals surface area contributed by atoms with Gasteiger partial charge in [0.15, 0.2) is 9.84 Å². The third-order valence-corrected chi connectivity index (χ3v) is 7.45. The largest absolute Gasteiger partial charge is 0.465 e. The zero-order chi connectivity index (χ0) is 22.7. The van der Waals surface area contributed by atoms with E-state index in [0.717, 1.165) is 19.1 Å². The summed E-state index contributed by atoms with van der Waals surface area (Å²) in [6, 6.07) is 2.22. The summed E-state index contributed by atoms with van der Waals surface area (Å²) in [7, 11) is -3.75. The molecule has 0 unspecified atom stereocenters. The van der Waals surface area contributed by atoms with Crippen LogP contribution >= 0.6 is 0 Å². The monoisotopic (exact) mass is 451 g/mol. The fraction of sp³-hybridized carbons (Fsp3) is 0.524. The van der Waals surface area contributed by atoms with Crippen molar-refractivity contribution in [3.8, 4) is 0 Å². The Bertz CT molecular complexity index is 1240. The second-order valence-corrected chi connectivity index (χ2v) is 10.7. The lowest BCUT2D eigenvalue weighted by Crippen LogP contribution is -2.38. The molecule has 1 aliphatic heterocycles. The minimum atomic E-state index is -3.75. The first-order valence-corrected chi connectivity index (χ1v) is 12.2. The number of carboxylic acid groups (broad SMARTS) is 1. The van der Waals surface area contributed by atoms with Gasteiger partial charge in [-0.2, -0.15) is 0 Å². The molecule has 1 aromatic heterocycles. The van der Waals surface area contributed by atoms with Crippen molar-refractivity contribution < 1.29 is 22.7 Å². The van der Waals surface area contributed by atoms with Crippen LogP contribution in [0.4, 0.5) is 14.9 Å². The first-order valence-electron chi connectivity index (χ1n) is 10.3. The molecule has 10 heteroatoms. The fourth-order valence-electron chi connectivity index (χ4n) is 4.68. The molecule has 31 heavy (non-hydrogen) atoms. The number of aromatic nitrogens is 1. The number of anilines is 1. The molecule has 1 saturated heterocycles. The van der Waals surface area contributed by atoms with E-state index in [0.29, 0.717) is 41.7 Å². The number of nitrogens with one attached hydrogen (secondary N) is 1. The van der Waals surface area contributed by atoms with E-state index in [1.165, 1.54) is 16.7 Å². The van der Waals surface area contributed by atoms with Crippen LogP contribution in [0.15, 0.2) is 21.8 Å². The Labute approximate surface area is 179 Å². The minimum Gasteiger partial charge on any atom is -0.465 e. The second-order valence-electron chi connectivity index (χ2n) is 8.69. The number of pyridine rings is 1. The Morgan fingerprint density at radius 1 is 1.29 bits per heavy atom. The van der Waals surface area contributed by atoms with Crippen LogP contribution in [0.3, 0.4) is 0 Å². The molecule has 4 rings (SSSR count). The molecule has 2 N–H and O–H groups in total. The molecule has 2 aromatic rings. The van der Waals surface area contributed by atoms with Crippen molar-refractivity contribution >= 4 is 32.5 Å².